The van der Waals surface area contributed by atoms with Crippen molar-refractivity contribution in [2.75, 3.05) is 19.8 Å². The van der Waals surface area contributed by atoms with Crippen LogP contribution >= 0.6 is 0 Å². The summed E-state index contributed by atoms with van der Waals surface area (Å²) in [6, 6.07) is 0.908. The van der Waals surface area contributed by atoms with Crippen molar-refractivity contribution in [2.45, 2.75) is 71.8 Å². The molecule has 0 spiro atoms. The van der Waals surface area contributed by atoms with Crippen LogP contribution in [0.2, 0.25) is 6.04 Å². The number of hydrogen-bond acceptors (Lipinski definition) is 3. The van der Waals surface area contributed by atoms with E-state index in [-0.39, 0.29) is 0 Å². The monoisotopic (exact) mass is 352 g/mol. The molecule has 0 saturated heterocycles. The Morgan fingerprint density at radius 2 is 1.29 bits per heavy atom. The SMILES string of the molecule is CCO[Si](CC/C=C/C12CC3CC(CC(C3)C1)C2)(OCC)OCC. The predicted octanol–water partition coefficient (Wildman–Crippen LogP) is 5.20. The van der Waals surface area contributed by atoms with Crippen LogP contribution in [-0.4, -0.2) is 28.6 Å². The van der Waals surface area contributed by atoms with Gasteiger partial charge in [-0.3, -0.25) is 0 Å². The van der Waals surface area contributed by atoms with Gasteiger partial charge in [-0.05, 0) is 88.9 Å². The van der Waals surface area contributed by atoms with Crippen LogP contribution in [0.25, 0.3) is 0 Å². The van der Waals surface area contributed by atoms with E-state index in [9.17, 15) is 0 Å². The fourth-order valence-electron chi connectivity index (χ4n) is 5.98. The molecule has 24 heavy (non-hydrogen) atoms. The number of allylic oxidation sites excluding steroid dienone is 2. The van der Waals surface area contributed by atoms with Crippen molar-refractivity contribution in [3.8, 4) is 0 Å². The molecular weight excluding hydrogens is 316 g/mol. The smallest absolute Gasteiger partial charge is 0.374 e. The summed E-state index contributed by atoms with van der Waals surface area (Å²) in [5, 5.41) is 0. The molecule has 4 bridgehead atoms. The summed E-state index contributed by atoms with van der Waals surface area (Å²) in [7, 11) is -2.47. The molecule has 0 aromatic rings. The lowest BCUT2D eigenvalue weighted by Gasteiger charge is -2.56. The molecule has 4 rings (SSSR count). The van der Waals surface area contributed by atoms with Gasteiger partial charge in [-0.15, -0.1) is 0 Å². The Hall–Kier alpha value is -0.163. The van der Waals surface area contributed by atoms with Gasteiger partial charge in [0.15, 0.2) is 0 Å². The third-order valence-electron chi connectivity index (χ3n) is 6.27. The minimum Gasteiger partial charge on any atom is -0.374 e. The van der Waals surface area contributed by atoms with E-state index >= 15 is 0 Å². The zero-order valence-corrected chi connectivity index (χ0v) is 16.9. The lowest BCUT2D eigenvalue weighted by atomic mass is 9.49. The van der Waals surface area contributed by atoms with Gasteiger partial charge in [-0.2, -0.15) is 0 Å². The van der Waals surface area contributed by atoms with Crippen LogP contribution in [0.1, 0.15) is 65.7 Å². The van der Waals surface area contributed by atoms with E-state index in [1.165, 1.54) is 38.5 Å². The molecule has 0 heterocycles. The van der Waals surface area contributed by atoms with E-state index in [0.29, 0.717) is 25.2 Å². The summed E-state index contributed by atoms with van der Waals surface area (Å²) in [4.78, 5) is 0. The maximum atomic E-state index is 5.97. The average Bonchev–Trinajstić information content (AvgIpc) is 2.51. The number of rotatable bonds is 10. The first-order valence-electron chi connectivity index (χ1n) is 10.2. The van der Waals surface area contributed by atoms with E-state index < -0.39 is 8.80 Å². The fourth-order valence-corrected chi connectivity index (χ4v) is 8.50. The van der Waals surface area contributed by atoms with Crippen LogP contribution in [0.15, 0.2) is 12.2 Å². The highest BCUT2D eigenvalue weighted by atomic mass is 28.4. The van der Waals surface area contributed by atoms with Gasteiger partial charge in [0.05, 0.1) is 0 Å². The van der Waals surface area contributed by atoms with Crippen molar-refractivity contribution < 1.29 is 13.3 Å². The van der Waals surface area contributed by atoms with E-state index in [4.69, 9.17) is 13.3 Å². The number of hydrogen-bond donors (Lipinski definition) is 0. The zero-order valence-electron chi connectivity index (χ0n) is 15.9. The molecule has 0 unspecified atom stereocenters. The maximum Gasteiger partial charge on any atom is 0.501 e. The van der Waals surface area contributed by atoms with E-state index in [0.717, 1.165) is 30.2 Å². The molecule has 0 aromatic carbocycles. The molecule has 3 nitrogen and oxygen atoms in total. The van der Waals surface area contributed by atoms with Crippen molar-refractivity contribution in [3.63, 3.8) is 0 Å². The minimum atomic E-state index is -2.47. The third kappa shape index (κ3) is 4.14. The highest BCUT2D eigenvalue weighted by molar-refractivity contribution is 6.60. The highest BCUT2D eigenvalue weighted by Gasteiger charge is 2.49. The summed E-state index contributed by atoms with van der Waals surface area (Å²) in [6.45, 7) is 8.11. The van der Waals surface area contributed by atoms with Crippen molar-refractivity contribution in [1.29, 1.82) is 0 Å². The fraction of sp³-hybridized carbons (Fsp3) is 0.900. The van der Waals surface area contributed by atoms with Gasteiger partial charge >= 0.3 is 8.80 Å². The lowest BCUT2D eigenvalue weighted by molar-refractivity contribution is -0.0238. The Morgan fingerprint density at radius 3 is 1.71 bits per heavy atom. The first-order chi connectivity index (χ1) is 11.6. The first kappa shape index (κ1) is 18.6. The Labute approximate surface area is 149 Å². The van der Waals surface area contributed by atoms with Crippen LogP contribution in [0.4, 0.5) is 0 Å². The molecular formula is C20H36O3Si. The summed E-state index contributed by atoms with van der Waals surface area (Å²) in [5.41, 5.74) is 0.530. The summed E-state index contributed by atoms with van der Waals surface area (Å²) >= 11 is 0. The molecule has 4 aliphatic carbocycles. The lowest BCUT2D eigenvalue weighted by Crippen LogP contribution is -2.46. The molecule has 0 amide bonds. The zero-order chi connectivity index (χ0) is 17.0. The highest BCUT2D eigenvalue weighted by Crippen LogP contribution is 2.60. The quantitative estimate of drug-likeness (QED) is 0.399. The summed E-state index contributed by atoms with van der Waals surface area (Å²) < 4.78 is 17.9. The second-order valence-corrected chi connectivity index (χ2v) is 10.9. The summed E-state index contributed by atoms with van der Waals surface area (Å²) in [5.74, 6) is 3.05. The molecule has 4 aliphatic rings. The van der Waals surface area contributed by atoms with E-state index in [1.54, 1.807) is 0 Å². The molecule has 0 atom stereocenters. The molecule has 0 aliphatic heterocycles. The Bertz CT molecular complexity index is 382. The molecule has 0 aromatic heterocycles. The largest absolute Gasteiger partial charge is 0.501 e. The minimum absolute atomic E-state index is 0.530. The van der Waals surface area contributed by atoms with Crippen LogP contribution in [0.3, 0.4) is 0 Å². The van der Waals surface area contributed by atoms with Crippen molar-refractivity contribution in [3.05, 3.63) is 12.2 Å². The Kier molecular flexibility index (Phi) is 6.23. The second-order valence-electron chi connectivity index (χ2n) is 8.20. The summed E-state index contributed by atoms with van der Waals surface area (Å²) in [6.07, 6.45) is 14.9. The van der Waals surface area contributed by atoms with Gasteiger partial charge in [0.2, 0.25) is 0 Å². The molecule has 0 N–H and O–H groups in total. The topological polar surface area (TPSA) is 27.7 Å². The van der Waals surface area contributed by atoms with Crippen molar-refractivity contribution >= 4 is 8.80 Å². The van der Waals surface area contributed by atoms with Crippen LogP contribution in [-0.2, 0) is 13.3 Å². The van der Waals surface area contributed by atoms with E-state index in [1.807, 2.05) is 20.8 Å². The van der Waals surface area contributed by atoms with E-state index in [2.05, 4.69) is 12.2 Å². The van der Waals surface area contributed by atoms with Gasteiger partial charge < -0.3 is 13.3 Å². The van der Waals surface area contributed by atoms with Gasteiger partial charge in [0.25, 0.3) is 0 Å². The van der Waals surface area contributed by atoms with Gasteiger partial charge in [-0.1, -0.05) is 12.2 Å². The normalized spacial score (nSPS) is 35.2. The van der Waals surface area contributed by atoms with Crippen LogP contribution in [0, 0.1) is 23.2 Å². The second kappa shape index (κ2) is 8.03. The van der Waals surface area contributed by atoms with Gasteiger partial charge in [0, 0.05) is 25.9 Å². The van der Waals surface area contributed by atoms with Crippen molar-refractivity contribution in [1.82, 2.24) is 0 Å². The van der Waals surface area contributed by atoms with Gasteiger partial charge in [0.1, 0.15) is 0 Å². The van der Waals surface area contributed by atoms with Gasteiger partial charge in [-0.25, -0.2) is 0 Å². The third-order valence-corrected chi connectivity index (χ3v) is 9.35. The predicted molar refractivity (Wildman–Crippen MR) is 99.8 cm³/mol. The Morgan fingerprint density at radius 1 is 0.833 bits per heavy atom. The molecule has 4 saturated carbocycles. The van der Waals surface area contributed by atoms with Crippen LogP contribution < -0.4 is 0 Å². The standard InChI is InChI=1S/C20H36O3Si/c1-4-21-24(22-5-2,23-6-3)10-8-7-9-20-14-17-11-18(15-20)13-19(12-17)16-20/h7,9,17-19H,4-6,8,10-16H2,1-3H3/b9-7+. The molecule has 4 fully saturated rings. The van der Waals surface area contributed by atoms with Crippen LogP contribution in [0.5, 0.6) is 0 Å². The average molecular weight is 353 g/mol. The Balaban J connectivity index is 1.57. The molecule has 4 heteroatoms. The molecule has 138 valence electrons. The molecule has 0 radical (unpaired) electrons. The first-order valence-corrected chi connectivity index (χ1v) is 12.2. The van der Waals surface area contributed by atoms with Crippen molar-refractivity contribution in [2.24, 2.45) is 23.2 Å². The maximum absolute atomic E-state index is 5.97.